The second kappa shape index (κ2) is 5.06. The van der Waals surface area contributed by atoms with E-state index in [2.05, 4.69) is 4.72 Å². The maximum absolute atomic E-state index is 11.5. The summed E-state index contributed by atoms with van der Waals surface area (Å²) in [7, 11) is -1.84. The van der Waals surface area contributed by atoms with E-state index in [1.807, 2.05) is 0 Å². The number of hydrogen-bond acceptors (Lipinski definition) is 4. The van der Waals surface area contributed by atoms with Crippen LogP contribution in [-0.4, -0.2) is 39.5 Å². The van der Waals surface area contributed by atoms with Gasteiger partial charge in [0.1, 0.15) is 0 Å². The van der Waals surface area contributed by atoms with Crippen molar-refractivity contribution in [1.82, 2.24) is 4.72 Å². The Bertz CT molecular complexity index is 256. The number of rotatable bonds is 6. The van der Waals surface area contributed by atoms with Gasteiger partial charge in [0, 0.05) is 19.2 Å². The topological polar surface area (TPSA) is 81.4 Å². The van der Waals surface area contributed by atoms with Crippen molar-refractivity contribution in [3.63, 3.8) is 0 Å². The predicted molar refractivity (Wildman–Crippen MR) is 56.5 cm³/mol. The van der Waals surface area contributed by atoms with Gasteiger partial charge in [-0.25, -0.2) is 13.1 Å². The molecule has 0 bridgehead atoms. The third kappa shape index (κ3) is 5.54. The molecule has 0 aliphatic rings. The second-order valence-corrected chi connectivity index (χ2v) is 6.30. The van der Waals surface area contributed by atoms with Crippen LogP contribution in [0, 0.1) is 0 Å². The van der Waals surface area contributed by atoms with Crippen molar-refractivity contribution in [2.45, 2.75) is 31.6 Å². The van der Waals surface area contributed by atoms with Crippen LogP contribution >= 0.6 is 0 Å². The summed E-state index contributed by atoms with van der Waals surface area (Å²) >= 11 is 0. The van der Waals surface area contributed by atoms with Crippen molar-refractivity contribution in [3.05, 3.63) is 0 Å². The fourth-order valence-electron chi connectivity index (χ4n) is 0.753. The average molecular weight is 224 g/mol. The van der Waals surface area contributed by atoms with E-state index in [-0.39, 0.29) is 13.2 Å². The van der Waals surface area contributed by atoms with Crippen LogP contribution in [0.5, 0.6) is 0 Å². The number of nitrogens with two attached hydrogens (primary N) is 1. The predicted octanol–water partition coefficient (Wildman–Crippen LogP) is -0.322. The van der Waals surface area contributed by atoms with E-state index in [1.165, 1.54) is 7.11 Å². The quantitative estimate of drug-likeness (QED) is 0.648. The van der Waals surface area contributed by atoms with E-state index in [1.54, 1.807) is 20.8 Å². The van der Waals surface area contributed by atoms with E-state index in [9.17, 15) is 8.42 Å². The van der Waals surface area contributed by atoms with Crippen LogP contribution < -0.4 is 10.5 Å². The molecule has 0 aromatic heterocycles. The third-order valence-corrected chi connectivity index (χ3v) is 3.40. The normalized spacial score (nSPS) is 15.5. The first-order valence-electron chi connectivity index (χ1n) is 4.45. The SMILES string of the molecule is COC[C@@H](C)S(=O)(=O)NCC(C)(C)N. The highest BCUT2D eigenvalue weighted by Gasteiger charge is 2.22. The Kier molecular flexibility index (Phi) is 5.00. The Morgan fingerprint density at radius 3 is 2.36 bits per heavy atom. The van der Waals surface area contributed by atoms with Crippen LogP contribution in [0.2, 0.25) is 0 Å². The van der Waals surface area contributed by atoms with Crippen LogP contribution in [0.1, 0.15) is 20.8 Å². The van der Waals surface area contributed by atoms with Crippen LogP contribution in [0.25, 0.3) is 0 Å². The molecule has 0 saturated carbocycles. The standard InChI is InChI=1S/C8H20N2O3S/c1-7(5-13-4)14(11,12)10-6-8(2,3)9/h7,10H,5-6,9H2,1-4H3/t7-/m1/s1. The summed E-state index contributed by atoms with van der Waals surface area (Å²) in [6.45, 7) is 5.52. The molecule has 0 aromatic carbocycles. The molecule has 0 aliphatic heterocycles. The van der Waals surface area contributed by atoms with Crippen molar-refractivity contribution in [2.24, 2.45) is 5.73 Å². The van der Waals surface area contributed by atoms with E-state index in [0.717, 1.165) is 0 Å². The van der Waals surface area contributed by atoms with Gasteiger partial charge in [-0.15, -0.1) is 0 Å². The minimum Gasteiger partial charge on any atom is -0.383 e. The van der Waals surface area contributed by atoms with E-state index in [0.29, 0.717) is 0 Å². The molecule has 0 spiro atoms. The highest BCUT2D eigenvalue weighted by Crippen LogP contribution is 2.01. The lowest BCUT2D eigenvalue weighted by Crippen LogP contribution is -2.47. The van der Waals surface area contributed by atoms with Gasteiger partial charge < -0.3 is 10.5 Å². The number of sulfonamides is 1. The van der Waals surface area contributed by atoms with E-state index >= 15 is 0 Å². The Balaban J connectivity index is 4.22. The van der Waals surface area contributed by atoms with Gasteiger partial charge in [-0.1, -0.05) is 0 Å². The Labute approximate surface area is 86.1 Å². The maximum Gasteiger partial charge on any atom is 0.216 e. The smallest absolute Gasteiger partial charge is 0.216 e. The monoisotopic (exact) mass is 224 g/mol. The fourth-order valence-corrected chi connectivity index (χ4v) is 1.93. The number of ether oxygens (including phenoxy) is 1. The van der Waals surface area contributed by atoms with Gasteiger partial charge in [0.25, 0.3) is 0 Å². The minimum absolute atomic E-state index is 0.181. The van der Waals surface area contributed by atoms with Crippen molar-refractivity contribution in [3.8, 4) is 0 Å². The molecule has 6 heteroatoms. The summed E-state index contributed by atoms with van der Waals surface area (Å²) in [6, 6.07) is 0. The van der Waals surface area contributed by atoms with Crippen molar-refractivity contribution >= 4 is 10.0 Å². The summed E-state index contributed by atoms with van der Waals surface area (Å²) < 4.78 is 30.3. The Morgan fingerprint density at radius 1 is 1.50 bits per heavy atom. The molecule has 3 N–H and O–H groups in total. The summed E-state index contributed by atoms with van der Waals surface area (Å²) in [6.07, 6.45) is 0. The van der Waals surface area contributed by atoms with Gasteiger partial charge in [0.05, 0.1) is 11.9 Å². The fraction of sp³-hybridized carbons (Fsp3) is 1.00. The molecular formula is C8H20N2O3S. The molecule has 14 heavy (non-hydrogen) atoms. The van der Waals surface area contributed by atoms with Crippen LogP contribution in [0.3, 0.4) is 0 Å². The van der Waals surface area contributed by atoms with E-state index in [4.69, 9.17) is 10.5 Å². The molecule has 0 rings (SSSR count). The summed E-state index contributed by atoms with van der Waals surface area (Å²) in [4.78, 5) is 0. The molecule has 0 radical (unpaired) electrons. The second-order valence-electron chi connectivity index (χ2n) is 4.12. The lowest BCUT2D eigenvalue weighted by atomic mass is 10.1. The number of nitrogens with one attached hydrogen (secondary N) is 1. The molecule has 1 atom stereocenters. The molecule has 5 nitrogen and oxygen atoms in total. The lowest BCUT2D eigenvalue weighted by molar-refractivity contribution is 0.200. The van der Waals surface area contributed by atoms with Crippen molar-refractivity contribution in [2.75, 3.05) is 20.3 Å². The highest BCUT2D eigenvalue weighted by atomic mass is 32.2. The first-order valence-corrected chi connectivity index (χ1v) is 6.00. The molecule has 86 valence electrons. The molecule has 0 aromatic rings. The van der Waals surface area contributed by atoms with Gasteiger partial charge in [0.2, 0.25) is 10.0 Å². The van der Waals surface area contributed by atoms with Crippen LogP contribution in [-0.2, 0) is 14.8 Å². The molecule has 0 unspecified atom stereocenters. The zero-order chi connectivity index (χ0) is 11.4. The van der Waals surface area contributed by atoms with Crippen LogP contribution in [0.15, 0.2) is 0 Å². The average Bonchev–Trinajstić information content (AvgIpc) is 2.00. The third-order valence-electron chi connectivity index (χ3n) is 1.66. The van der Waals surface area contributed by atoms with Crippen LogP contribution in [0.4, 0.5) is 0 Å². The van der Waals surface area contributed by atoms with Gasteiger partial charge in [0.15, 0.2) is 0 Å². The van der Waals surface area contributed by atoms with Gasteiger partial charge in [-0.05, 0) is 20.8 Å². The molecule has 0 fully saturated rings. The zero-order valence-corrected chi connectivity index (χ0v) is 10.0. The highest BCUT2D eigenvalue weighted by molar-refractivity contribution is 7.90. The Morgan fingerprint density at radius 2 is 2.00 bits per heavy atom. The molecule has 0 aliphatic carbocycles. The molecule has 0 heterocycles. The summed E-state index contributed by atoms with van der Waals surface area (Å²) in [5, 5.41) is -0.560. The minimum atomic E-state index is -3.31. The van der Waals surface area contributed by atoms with Gasteiger partial charge in [-0.2, -0.15) is 0 Å². The lowest BCUT2D eigenvalue weighted by Gasteiger charge is -2.20. The maximum atomic E-state index is 11.5. The Hall–Kier alpha value is -0.170. The molecule has 0 amide bonds. The largest absolute Gasteiger partial charge is 0.383 e. The summed E-state index contributed by atoms with van der Waals surface area (Å²) in [5.74, 6) is 0. The molecule has 0 saturated heterocycles. The number of methoxy groups -OCH3 is 1. The first kappa shape index (κ1) is 13.8. The van der Waals surface area contributed by atoms with E-state index < -0.39 is 20.8 Å². The first-order chi connectivity index (χ1) is 6.19. The van der Waals surface area contributed by atoms with Gasteiger partial charge >= 0.3 is 0 Å². The summed E-state index contributed by atoms with van der Waals surface area (Å²) in [5.41, 5.74) is 5.12. The van der Waals surface area contributed by atoms with Crippen molar-refractivity contribution in [1.29, 1.82) is 0 Å². The van der Waals surface area contributed by atoms with Gasteiger partial charge in [-0.3, -0.25) is 0 Å². The molecular weight excluding hydrogens is 204 g/mol. The number of hydrogen-bond donors (Lipinski definition) is 2. The zero-order valence-electron chi connectivity index (χ0n) is 9.20. The van der Waals surface area contributed by atoms with Crippen molar-refractivity contribution < 1.29 is 13.2 Å².